The smallest absolute Gasteiger partial charge is 0.420 e. The number of hydrogen-bond acceptors (Lipinski definition) is 10. The third-order valence-electron chi connectivity index (χ3n) is 7.98. The molecule has 0 radical (unpaired) electrons. The van der Waals surface area contributed by atoms with Crippen LogP contribution in [0.15, 0.2) is 35.5 Å². The van der Waals surface area contributed by atoms with Gasteiger partial charge in [0.1, 0.15) is 17.3 Å². The van der Waals surface area contributed by atoms with Gasteiger partial charge in [0.2, 0.25) is 0 Å². The van der Waals surface area contributed by atoms with E-state index < -0.39 is 29.1 Å². The molecule has 2 fully saturated rings. The minimum Gasteiger partial charge on any atom is -0.480 e. The summed E-state index contributed by atoms with van der Waals surface area (Å²) in [5, 5.41) is 15.1. The van der Waals surface area contributed by atoms with Crippen LogP contribution in [0.4, 0.5) is 19.0 Å². The number of nitrogens with zero attached hydrogens (tertiary/aromatic N) is 5. The molecule has 0 saturated carbocycles. The van der Waals surface area contributed by atoms with Crippen molar-refractivity contribution in [3.05, 3.63) is 52.3 Å². The van der Waals surface area contributed by atoms with Gasteiger partial charge in [0.05, 0.1) is 30.2 Å². The lowest BCUT2D eigenvalue weighted by Crippen LogP contribution is -2.48. The highest BCUT2D eigenvalue weighted by molar-refractivity contribution is 14.1. The number of piperazine rings is 1. The number of likely N-dealkylation sites (tertiary alicyclic amines) is 1. The van der Waals surface area contributed by atoms with Crippen molar-refractivity contribution in [2.75, 3.05) is 50.7 Å². The summed E-state index contributed by atoms with van der Waals surface area (Å²) in [5.41, 5.74) is -0.510. The minimum absolute atomic E-state index is 0.0109. The number of benzene rings is 1. The molecule has 1 aromatic heterocycles. The van der Waals surface area contributed by atoms with Crippen molar-refractivity contribution in [3.63, 3.8) is 0 Å². The van der Waals surface area contributed by atoms with Gasteiger partial charge >= 0.3 is 12.1 Å². The second-order valence-electron chi connectivity index (χ2n) is 10.8. The fourth-order valence-corrected chi connectivity index (χ4v) is 7.26. The van der Waals surface area contributed by atoms with Gasteiger partial charge < -0.3 is 23.7 Å². The third kappa shape index (κ3) is 7.69. The van der Waals surface area contributed by atoms with E-state index in [0.717, 1.165) is 36.8 Å². The molecular weight excluding hydrogens is 714 g/mol. The molecule has 1 aromatic carbocycles. The van der Waals surface area contributed by atoms with Crippen LogP contribution >= 0.6 is 34.8 Å². The summed E-state index contributed by atoms with van der Waals surface area (Å²) >= 11 is 2.81. The molecule has 0 bridgehead atoms. The summed E-state index contributed by atoms with van der Waals surface area (Å²) in [6, 6.07) is 4.37. The van der Waals surface area contributed by atoms with Crippen molar-refractivity contribution < 1.29 is 30.9 Å². The SMILES string of the molecule is CCC1CCCN1CC1=C(c2ccc(OI)c(C(F)(F)F)c2)NC(NC(=O)c2cnc(N3CCN(CC(=O)O)CC3)cn2)S1. The van der Waals surface area contributed by atoms with Gasteiger partial charge in [-0.15, -0.1) is 0 Å². The second-order valence-corrected chi connectivity index (χ2v) is 12.4. The van der Waals surface area contributed by atoms with Crippen LogP contribution in [0.25, 0.3) is 5.70 Å². The molecule has 11 nitrogen and oxygen atoms in total. The zero-order chi connectivity index (χ0) is 31.4. The Morgan fingerprint density at radius 2 is 1.95 bits per heavy atom. The highest BCUT2D eigenvalue weighted by Crippen LogP contribution is 2.42. The maximum Gasteiger partial charge on any atom is 0.420 e. The van der Waals surface area contributed by atoms with Crippen molar-refractivity contribution in [2.24, 2.45) is 0 Å². The van der Waals surface area contributed by atoms with E-state index in [1.165, 1.54) is 53.2 Å². The normalized spacial score (nSPS) is 21.4. The van der Waals surface area contributed by atoms with Crippen LogP contribution in [-0.4, -0.2) is 94.1 Å². The molecule has 3 N–H and O–H groups in total. The highest BCUT2D eigenvalue weighted by atomic mass is 127. The number of aliphatic carboxylic acids is 1. The molecule has 4 heterocycles. The first-order chi connectivity index (χ1) is 21.0. The topological polar surface area (TPSA) is 123 Å². The maximum absolute atomic E-state index is 13.8. The number of anilines is 1. The van der Waals surface area contributed by atoms with Crippen LogP contribution < -0.4 is 18.6 Å². The van der Waals surface area contributed by atoms with E-state index in [4.69, 9.17) is 8.17 Å². The number of halogens is 4. The Morgan fingerprint density at radius 1 is 1.18 bits per heavy atom. The molecule has 44 heavy (non-hydrogen) atoms. The maximum atomic E-state index is 13.8. The van der Waals surface area contributed by atoms with Gasteiger partial charge in [0.25, 0.3) is 5.91 Å². The van der Waals surface area contributed by atoms with Gasteiger partial charge in [-0.05, 0) is 49.6 Å². The number of rotatable bonds is 10. The van der Waals surface area contributed by atoms with Gasteiger partial charge in [-0.2, -0.15) is 13.2 Å². The number of hydrogen-bond donors (Lipinski definition) is 3. The van der Waals surface area contributed by atoms with E-state index in [1.807, 2.05) is 9.80 Å². The number of aromatic nitrogens is 2. The van der Waals surface area contributed by atoms with Crippen LogP contribution in [0.3, 0.4) is 0 Å². The van der Waals surface area contributed by atoms with E-state index in [0.29, 0.717) is 55.8 Å². The van der Waals surface area contributed by atoms with Gasteiger partial charge in [-0.1, -0.05) is 18.7 Å². The summed E-state index contributed by atoms with van der Waals surface area (Å²) in [4.78, 5) is 39.8. The van der Waals surface area contributed by atoms with Crippen molar-refractivity contribution in [3.8, 4) is 5.75 Å². The average molecular weight is 748 g/mol. The van der Waals surface area contributed by atoms with Crippen LogP contribution in [-0.2, 0) is 11.0 Å². The quantitative estimate of drug-likeness (QED) is 0.306. The largest absolute Gasteiger partial charge is 0.480 e. The fraction of sp³-hybridized carbons (Fsp3) is 0.500. The van der Waals surface area contributed by atoms with Crippen molar-refractivity contribution in [2.45, 2.75) is 43.9 Å². The lowest BCUT2D eigenvalue weighted by molar-refractivity contribution is -0.139. The summed E-state index contributed by atoms with van der Waals surface area (Å²) in [5.74, 6) is -1.02. The summed E-state index contributed by atoms with van der Waals surface area (Å²) in [6.45, 7) is 5.90. The van der Waals surface area contributed by atoms with E-state index >= 15 is 0 Å². The molecule has 2 unspecified atom stereocenters. The van der Waals surface area contributed by atoms with Crippen LogP contribution in [0, 0.1) is 0 Å². The lowest BCUT2D eigenvalue weighted by Gasteiger charge is -2.34. The number of amides is 1. The van der Waals surface area contributed by atoms with Gasteiger partial charge in [0, 0.05) is 43.7 Å². The fourth-order valence-electron chi connectivity index (χ4n) is 5.71. The summed E-state index contributed by atoms with van der Waals surface area (Å²) < 4.78 is 46.5. The highest BCUT2D eigenvalue weighted by Gasteiger charge is 2.37. The molecule has 3 aliphatic heterocycles. The zero-order valence-corrected chi connectivity index (χ0v) is 26.9. The molecule has 2 atom stereocenters. The lowest BCUT2D eigenvalue weighted by atomic mass is 10.1. The first kappa shape index (κ1) is 32.6. The Kier molecular flexibility index (Phi) is 10.4. The second kappa shape index (κ2) is 14.1. The minimum atomic E-state index is -4.60. The average Bonchev–Trinajstić information content (AvgIpc) is 3.63. The Bertz CT molecular complexity index is 1390. The monoisotopic (exact) mass is 747 g/mol. The van der Waals surface area contributed by atoms with E-state index in [2.05, 4.69) is 32.4 Å². The van der Waals surface area contributed by atoms with Gasteiger partial charge in [-0.3, -0.25) is 19.4 Å². The van der Waals surface area contributed by atoms with Crippen molar-refractivity contribution in [1.29, 1.82) is 0 Å². The summed E-state index contributed by atoms with van der Waals surface area (Å²) in [7, 11) is 0. The molecule has 0 spiro atoms. The number of carboxylic acid groups (broad SMARTS) is 1. The van der Waals surface area contributed by atoms with E-state index in [9.17, 15) is 22.8 Å². The number of nitrogens with one attached hydrogen (secondary N) is 2. The Morgan fingerprint density at radius 3 is 2.59 bits per heavy atom. The van der Waals surface area contributed by atoms with Gasteiger partial charge in [0.15, 0.2) is 28.5 Å². The standard InChI is InChI=1S/C28H33F3IN7O4S/c1-2-18-4-3-7-39(18)15-22-25(17-5-6-21(43-32)19(12-17)28(29,30)31)35-27(44-22)36-26(42)20-13-34-23(14-33-20)38-10-8-37(9-11-38)16-24(40)41/h5-6,12-14,18,27,35H,2-4,7-11,15-16H2,1H3,(H,36,42)(H,40,41). The predicted molar refractivity (Wildman–Crippen MR) is 168 cm³/mol. The van der Waals surface area contributed by atoms with Crippen LogP contribution in [0.1, 0.15) is 47.8 Å². The van der Waals surface area contributed by atoms with Gasteiger partial charge in [-0.25, -0.2) is 9.97 Å². The number of carbonyl (C=O) groups is 2. The van der Waals surface area contributed by atoms with Crippen LogP contribution in [0.5, 0.6) is 5.75 Å². The summed E-state index contributed by atoms with van der Waals surface area (Å²) in [6.07, 6.45) is 1.41. The molecule has 1 amide bonds. The Labute approximate surface area is 271 Å². The molecule has 2 aromatic rings. The Hall–Kier alpha value is -2.83. The molecule has 16 heteroatoms. The van der Waals surface area contributed by atoms with E-state index in [1.54, 1.807) is 6.07 Å². The van der Waals surface area contributed by atoms with Crippen molar-refractivity contribution >= 4 is 58.2 Å². The Balaban J connectivity index is 1.29. The zero-order valence-electron chi connectivity index (χ0n) is 23.9. The molecule has 5 rings (SSSR count). The molecule has 3 aliphatic rings. The molecule has 238 valence electrons. The van der Waals surface area contributed by atoms with Crippen molar-refractivity contribution in [1.82, 2.24) is 30.4 Å². The third-order valence-corrected chi connectivity index (χ3v) is 9.54. The number of carbonyl (C=O) groups excluding carboxylic acids is 1. The number of alkyl halides is 3. The molecule has 0 aliphatic carbocycles. The predicted octanol–water partition coefficient (Wildman–Crippen LogP) is 4.02. The van der Waals surface area contributed by atoms with E-state index in [-0.39, 0.29) is 18.0 Å². The number of thioether (sulfide) groups is 1. The first-order valence-electron chi connectivity index (χ1n) is 14.3. The molecular formula is C28H33F3IN7O4S. The van der Waals surface area contributed by atoms with Crippen LogP contribution in [0.2, 0.25) is 0 Å². The first-order valence-corrected chi connectivity index (χ1v) is 16.0. The molecule has 2 saturated heterocycles. The number of carboxylic acids is 1.